The predicted molar refractivity (Wildman–Crippen MR) is 114 cm³/mol. The number of likely N-dealkylation sites (tertiary alicyclic amines) is 1. The van der Waals surface area contributed by atoms with Crippen molar-refractivity contribution >= 4 is 23.4 Å². The standard InChI is InChI=1S/C24H25N3O4/c1-3-13(2)27-21(29)19-18(12-14-8-10-15(28)11-9-14)26-24(20(19)22(27)30)16-6-4-5-7-17(16)25-23(24)31/h4-11,13,18-20,26,28H,3,12H2,1-2H3,(H,25,31)/t13-,18+,19-,20+,24-/m1/s1. The van der Waals surface area contributed by atoms with E-state index in [4.69, 9.17) is 0 Å². The molecule has 2 aromatic carbocycles. The van der Waals surface area contributed by atoms with Crippen molar-refractivity contribution in [2.45, 2.75) is 44.3 Å². The Labute approximate surface area is 180 Å². The molecular formula is C24H25N3O4. The predicted octanol–water partition coefficient (Wildman–Crippen LogP) is 2.15. The molecule has 3 aliphatic heterocycles. The minimum atomic E-state index is -1.27. The highest BCUT2D eigenvalue weighted by molar-refractivity contribution is 6.15. The number of rotatable bonds is 4. The Morgan fingerprint density at radius 2 is 1.77 bits per heavy atom. The summed E-state index contributed by atoms with van der Waals surface area (Å²) in [5, 5.41) is 15.9. The van der Waals surface area contributed by atoms with Gasteiger partial charge >= 0.3 is 0 Å². The lowest BCUT2D eigenvalue weighted by Gasteiger charge is -2.31. The van der Waals surface area contributed by atoms with Gasteiger partial charge in [0.25, 0.3) is 0 Å². The number of fused-ring (bicyclic) bond motifs is 4. The molecule has 2 aromatic rings. The highest BCUT2D eigenvalue weighted by atomic mass is 16.3. The average molecular weight is 419 g/mol. The van der Waals surface area contributed by atoms with Gasteiger partial charge in [-0.05, 0) is 43.5 Å². The van der Waals surface area contributed by atoms with Gasteiger partial charge in [0.15, 0.2) is 0 Å². The number of benzene rings is 2. The number of anilines is 1. The van der Waals surface area contributed by atoms with Crippen LogP contribution in [-0.2, 0) is 26.3 Å². The molecular weight excluding hydrogens is 394 g/mol. The summed E-state index contributed by atoms with van der Waals surface area (Å²) in [7, 11) is 0. The van der Waals surface area contributed by atoms with Gasteiger partial charge in [0.1, 0.15) is 11.3 Å². The largest absolute Gasteiger partial charge is 0.508 e. The van der Waals surface area contributed by atoms with Crippen molar-refractivity contribution in [3.05, 3.63) is 59.7 Å². The molecule has 7 heteroatoms. The molecule has 3 aliphatic rings. The number of carbonyl (C=O) groups excluding carboxylic acids is 3. The summed E-state index contributed by atoms with van der Waals surface area (Å²) in [6, 6.07) is 13.5. The van der Waals surface area contributed by atoms with Gasteiger partial charge in [-0.15, -0.1) is 0 Å². The van der Waals surface area contributed by atoms with Crippen molar-refractivity contribution < 1.29 is 19.5 Å². The van der Waals surface area contributed by atoms with Crippen molar-refractivity contribution in [1.29, 1.82) is 0 Å². The third-order valence-electron chi connectivity index (χ3n) is 7.08. The molecule has 3 amide bonds. The van der Waals surface area contributed by atoms with Gasteiger partial charge in [-0.1, -0.05) is 37.3 Å². The van der Waals surface area contributed by atoms with E-state index < -0.39 is 23.4 Å². The molecule has 0 unspecified atom stereocenters. The van der Waals surface area contributed by atoms with E-state index in [1.165, 1.54) is 4.90 Å². The van der Waals surface area contributed by atoms with Crippen molar-refractivity contribution in [3.8, 4) is 5.75 Å². The molecule has 0 aliphatic carbocycles. The van der Waals surface area contributed by atoms with Crippen LogP contribution in [0.3, 0.4) is 0 Å². The highest BCUT2D eigenvalue weighted by Crippen LogP contribution is 2.53. The summed E-state index contributed by atoms with van der Waals surface area (Å²) in [4.78, 5) is 41.8. The molecule has 2 saturated heterocycles. The number of para-hydroxylation sites is 1. The quantitative estimate of drug-likeness (QED) is 0.660. The Kier molecular flexibility index (Phi) is 4.41. The maximum atomic E-state index is 13.6. The number of nitrogens with one attached hydrogen (secondary N) is 2. The third kappa shape index (κ3) is 2.66. The molecule has 2 fully saturated rings. The van der Waals surface area contributed by atoms with Crippen LogP contribution in [0.4, 0.5) is 5.69 Å². The Morgan fingerprint density at radius 3 is 2.48 bits per heavy atom. The molecule has 3 heterocycles. The smallest absolute Gasteiger partial charge is 0.250 e. The van der Waals surface area contributed by atoms with Crippen LogP contribution in [0.1, 0.15) is 31.4 Å². The van der Waals surface area contributed by atoms with Crippen LogP contribution in [0.15, 0.2) is 48.5 Å². The number of phenols is 1. The fourth-order valence-electron chi connectivity index (χ4n) is 5.46. The molecule has 31 heavy (non-hydrogen) atoms. The van der Waals surface area contributed by atoms with E-state index in [1.54, 1.807) is 24.3 Å². The van der Waals surface area contributed by atoms with Crippen LogP contribution in [0, 0.1) is 11.8 Å². The maximum Gasteiger partial charge on any atom is 0.250 e. The van der Waals surface area contributed by atoms with Gasteiger partial charge < -0.3 is 10.4 Å². The lowest BCUT2D eigenvalue weighted by molar-refractivity contribution is -0.145. The van der Waals surface area contributed by atoms with Gasteiger partial charge in [0.2, 0.25) is 17.7 Å². The molecule has 0 saturated carbocycles. The SMILES string of the molecule is CC[C@@H](C)N1C(=O)[C@@H]2[C@H](Cc3ccc(O)cc3)N[C@@]3(C(=O)Nc4ccccc43)[C@@H]2C1=O. The second kappa shape index (κ2) is 6.92. The first-order chi connectivity index (χ1) is 14.9. The number of hydrogen-bond acceptors (Lipinski definition) is 5. The first kappa shape index (κ1) is 19.8. The van der Waals surface area contributed by atoms with Crippen LogP contribution in [0.5, 0.6) is 5.75 Å². The van der Waals surface area contributed by atoms with Crippen LogP contribution in [-0.4, -0.2) is 39.8 Å². The average Bonchev–Trinajstić information content (AvgIpc) is 3.34. The molecule has 3 N–H and O–H groups in total. The van der Waals surface area contributed by atoms with E-state index in [-0.39, 0.29) is 29.5 Å². The minimum Gasteiger partial charge on any atom is -0.508 e. The first-order valence-electron chi connectivity index (χ1n) is 10.7. The first-order valence-corrected chi connectivity index (χ1v) is 10.7. The van der Waals surface area contributed by atoms with Crippen LogP contribution in [0.2, 0.25) is 0 Å². The molecule has 160 valence electrons. The molecule has 7 nitrogen and oxygen atoms in total. The number of aromatic hydroxyl groups is 1. The lowest BCUT2D eigenvalue weighted by atomic mass is 9.76. The topological polar surface area (TPSA) is 98.7 Å². The van der Waals surface area contributed by atoms with Crippen molar-refractivity contribution in [2.24, 2.45) is 11.8 Å². The summed E-state index contributed by atoms with van der Waals surface area (Å²) >= 11 is 0. The number of amides is 3. The lowest BCUT2D eigenvalue weighted by Crippen LogP contribution is -2.54. The number of imide groups is 1. The Morgan fingerprint density at radius 1 is 1.06 bits per heavy atom. The third-order valence-corrected chi connectivity index (χ3v) is 7.08. The zero-order valence-corrected chi connectivity index (χ0v) is 17.5. The number of carbonyl (C=O) groups is 3. The van der Waals surface area contributed by atoms with Gasteiger partial charge in [0, 0.05) is 23.3 Å². The van der Waals surface area contributed by atoms with Crippen LogP contribution < -0.4 is 10.6 Å². The zero-order valence-electron chi connectivity index (χ0n) is 17.5. The van der Waals surface area contributed by atoms with E-state index >= 15 is 0 Å². The molecule has 0 radical (unpaired) electrons. The fourth-order valence-corrected chi connectivity index (χ4v) is 5.46. The summed E-state index contributed by atoms with van der Waals surface area (Å²) in [6.07, 6.45) is 1.12. The van der Waals surface area contributed by atoms with Crippen molar-refractivity contribution in [1.82, 2.24) is 10.2 Å². The fraction of sp³-hybridized carbons (Fsp3) is 0.375. The monoisotopic (exact) mass is 419 g/mol. The van der Waals surface area contributed by atoms with Gasteiger partial charge in [-0.2, -0.15) is 0 Å². The van der Waals surface area contributed by atoms with Gasteiger partial charge in [0.05, 0.1) is 11.8 Å². The summed E-state index contributed by atoms with van der Waals surface area (Å²) in [5.41, 5.74) is 1.04. The Bertz CT molecular complexity index is 1080. The second-order valence-corrected chi connectivity index (χ2v) is 8.74. The highest BCUT2D eigenvalue weighted by Gasteiger charge is 2.70. The Hall–Kier alpha value is -3.19. The van der Waals surface area contributed by atoms with E-state index in [9.17, 15) is 19.5 Å². The summed E-state index contributed by atoms with van der Waals surface area (Å²) in [5.74, 6) is -2.04. The maximum absolute atomic E-state index is 13.6. The van der Waals surface area contributed by atoms with Crippen molar-refractivity contribution in [3.63, 3.8) is 0 Å². The van der Waals surface area contributed by atoms with Crippen LogP contribution in [0.25, 0.3) is 0 Å². The molecule has 0 aromatic heterocycles. The normalized spacial score (nSPS) is 29.9. The minimum absolute atomic E-state index is 0.164. The number of hydrogen-bond donors (Lipinski definition) is 3. The molecule has 5 atom stereocenters. The van der Waals surface area contributed by atoms with E-state index in [0.29, 0.717) is 18.5 Å². The summed E-state index contributed by atoms with van der Waals surface area (Å²) in [6.45, 7) is 3.81. The van der Waals surface area contributed by atoms with E-state index in [0.717, 1.165) is 11.1 Å². The zero-order chi connectivity index (χ0) is 21.9. The number of nitrogens with zero attached hydrogens (tertiary/aromatic N) is 1. The van der Waals surface area contributed by atoms with Gasteiger partial charge in [-0.25, -0.2) is 0 Å². The molecule has 5 rings (SSSR count). The number of phenolic OH excluding ortho intramolecular Hbond substituents is 1. The van der Waals surface area contributed by atoms with E-state index in [1.807, 2.05) is 38.1 Å². The summed E-state index contributed by atoms with van der Waals surface area (Å²) < 4.78 is 0. The van der Waals surface area contributed by atoms with Crippen LogP contribution >= 0.6 is 0 Å². The second-order valence-electron chi connectivity index (χ2n) is 8.74. The molecule has 0 bridgehead atoms. The molecule has 1 spiro atoms. The van der Waals surface area contributed by atoms with Gasteiger partial charge in [-0.3, -0.25) is 24.6 Å². The Balaban J connectivity index is 1.62. The van der Waals surface area contributed by atoms with Crippen molar-refractivity contribution in [2.75, 3.05) is 5.32 Å². The van der Waals surface area contributed by atoms with E-state index in [2.05, 4.69) is 10.6 Å².